The molecule has 0 aromatic carbocycles. The number of hydrogen-bond acceptors (Lipinski definition) is 3. The molecule has 0 aliphatic carbocycles. The second kappa shape index (κ2) is 4.70. The maximum atomic E-state index is 10.9. The number of aliphatic hydroxyl groups excluding tert-OH is 1. The molecule has 0 bridgehead atoms. The van der Waals surface area contributed by atoms with E-state index in [-0.39, 0.29) is 17.3 Å². The zero-order valence-electron chi connectivity index (χ0n) is 7.68. The Kier molecular flexibility index (Phi) is 4.26. The smallest absolute Gasteiger partial charge is 0.159 e. The number of carbonyl (C=O) groups excluding carboxylic acids is 2. The first-order valence-electron chi connectivity index (χ1n) is 3.84. The number of hydrogen-bond donors (Lipinski definition) is 1. The molecule has 3 heteroatoms. The quantitative estimate of drug-likeness (QED) is 0.516. The predicted molar refractivity (Wildman–Crippen MR) is 45.9 cm³/mol. The van der Waals surface area contributed by atoms with Crippen molar-refractivity contribution in [2.45, 2.75) is 33.6 Å². The van der Waals surface area contributed by atoms with Crippen molar-refractivity contribution in [1.29, 1.82) is 0 Å². The maximum Gasteiger partial charge on any atom is 0.159 e. The molecule has 3 nitrogen and oxygen atoms in total. The first-order valence-corrected chi connectivity index (χ1v) is 3.84. The van der Waals surface area contributed by atoms with Gasteiger partial charge in [-0.05, 0) is 27.2 Å². The van der Waals surface area contributed by atoms with Crippen LogP contribution in [0.15, 0.2) is 11.3 Å². The third-order valence-corrected chi connectivity index (χ3v) is 1.59. The van der Waals surface area contributed by atoms with Crippen LogP contribution in [0.25, 0.3) is 0 Å². The van der Waals surface area contributed by atoms with Crippen molar-refractivity contribution in [3.05, 3.63) is 11.3 Å². The molecule has 0 atom stereocenters. The number of carbonyl (C=O) groups is 2. The zero-order chi connectivity index (χ0) is 9.72. The van der Waals surface area contributed by atoms with E-state index in [1.54, 1.807) is 0 Å². The van der Waals surface area contributed by atoms with Crippen molar-refractivity contribution < 1.29 is 14.7 Å². The van der Waals surface area contributed by atoms with Gasteiger partial charge in [0.15, 0.2) is 5.78 Å². The molecule has 0 heterocycles. The molecule has 0 aliphatic heterocycles. The summed E-state index contributed by atoms with van der Waals surface area (Å²) >= 11 is 0. The average Bonchev–Trinajstić information content (AvgIpc) is 1.84. The Bertz CT molecular complexity index is 222. The highest BCUT2D eigenvalue weighted by atomic mass is 16.3. The second-order valence-electron chi connectivity index (χ2n) is 2.82. The molecule has 1 N–H and O–H groups in total. The molecule has 0 aromatic rings. The van der Waals surface area contributed by atoms with Gasteiger partial charge in [0.2, 0.25) is 0 Å². The van der Waals surface area contributed by atoms with E-state index >= 15 is 0 Å². The average molecular weight is 170 g/mol. The molecular formula is C9H14O3. The van der Waals surface area contributed by atoms with Crippen molar-refractivity contribution in [2.75, 3.05) is 0 Å². The Morgan fingerprint density at radius 3 is 1.83 bits per heavy atom. The Morgan fingerprint density at radius 2 is 1.58 bits per heavy atom. The molecule has 0 amide bonds. The third kappa shape index (κ3) is 3.91. The van der Waals surface area contributed by atoms with Crippen molar-refractivity contribution in [2.24, 2.45) is 0 Å². The van der Waals surface area contributed by atoms with Gasteiger partial charge < -0.3 is 9.90 Å². The van der Waals surface area contributed by atoms with Crippen molar-refractivity contribution in [1.82, 2.24) is 0 Å². The lowest BCUT2D eigenvalue weighted by atomic mass is 10.0. The summed E-state index contributed by atoms with van der Waals surface area (Å²) in [6, 6.07) is 0. The van der Waals surface area contributed by atoms with Gasteiger partial charge in [-0.2, -0.15) is 0 Å². The van der Waals surface area contributed by atoms with Crippen molar-refractivity contribution in [3.63, 3.8) is 0 Å². The molecule has 0 saturated heterocycles. The number of rotatable bonds is 4. The second-order valence-corrected chi connectivity index (χ2v) is 2.82. The summed E-state index contributed by atoms with van der Waals surface area (Å²) in [7, 11) is 0. The Hall–Kier alpha value is -1.12. The SMILES string of the molecule is CC(=O)CC/C(C(C)=O)=C(\C)O. The van der Waals surface area contributed by atoms with Gasteiger partial charge in [-0.3, -0.25) is 4.79 Å². The summed E-state index contributed by atoms with van der Waals surface area (Å²) in [5.74, 6) is -0.130. The molecule has 0 fully saturated rings. The lowest BCUT2D eigenvalue weighted by Crippen LogP contribution is -2.02. The van der Waals surface area contributed by atoms with E-state index in [4.69, 9.17) is 5.11 Å². The van der Waals surface area contributed by atoms with Crippen molar-refractivity contribution in [3.8, 4) is 0 Å². The molecule has 0 rings (SSSR count). The van der Waals surface area contributed by atoms with Gasteiger partial charge in [-0.1, -0.05) is 0 Å². The largest absolute Gasteiger partial charge is 0.512 e. The van der Waals surface area contributed by atoms with Gasteiger partial charge in [-0.25, -0.2) is 0 Å². The van der Waals surface area contributed by atoms with E-state index in [0.717, 1.165) is 0 Å². The minimum absolute atomic E-state index is 0.0174. The van der Waals surface area contributed by atoms with Crippen LogP contribution in [0.4, 0.5) is 0 Å². The number of ketones is 2. The first kappa shape index (κ1) is 10.9. The summed E-state index contributed by atoms with van der Waals surface area (Å²) in [6.45, 7) is 4.30. The van der Waals surface area contributed by atoms with Crippen LogP contribution in [-0.4, -0.2) is 16.7 Å². The highest BCUT2D eigenvalue weighted by Gasteiger charge is 2.08. The van der Waals surface area contributed by atoms with Gasteiger partial charge in [0.05, 0.1) is 5.76 Å². The van der Waals surface area contributed by atoms with Crippen LogP contribution in [0.1, 0.15) is 33.6 Å². The van der Waals surface area contributed by atoms with Crippen LogP contribution in [-0.2, 0) is 9.59 Å². The first-order chi connectivity index (χ1) is 5.45. The minimum atomic E-state index is -0.170. The fourth-order valence-electron chi connectivity index (χ4n) is 0.913. The molecule has 12 heavy (non-hydrogen) atoms. The van der Waals surface area contributed by atoms with Gasteiger partial charge in [0.1, 0.15) is 5.78 Å². The molecule has 0 radical (unpaired) electrons. The Balaban J connectivity index is 4.28. The van der Waals surface area contributed by atoms with E-state index in [0.29, 0.717) is 18.4 Å². The Labute approximate surface area is 72.1 Å². The van der Waals surface area contributed by atoms with Crippen LogP contribution in [0.5, 0.6) is 0 Å². The monoisotopic (exact) mass is 170 g/mol. The van der Waals surface area contributed by atoms with Crippen LogP contribution >= 0.6 is 0 Å². The molecule has 0 unspecified atom stereocenters. The fourth-order valence-corrected chi connectivity index (χ4v) is 0.913. The summed E-state index contributed by atoms with van der Waals surface area (Å²) in [5.41, 5.74) is 0.352. The number of aliphatic hydroxyl groups is 1. The standard InChI is InChI=1S/C9H14O3/c1-6(10)4-5-9(7(2)11)8(3)12/h11H,4-5H2,1-3H3/b9-7-. The molecule has 0 spiro atoms. The molecule has 0 aromatic heterocycles. The highest BCUT2D eigenvalue weighted by molar-refractivity contribution is 5.94. The molecule has 0 aliphatic rings. The minimum Gasteiger partial charge on any atom is -0.512 e. The fraction of sp³-hybridized carbons (Fsp3) is 0.556. The molecule has 68 valence electrons. The van der Waals surface area contributed by atoms with E-state index < -0.39 is 0 Å². The summed E-state index contributed by atoms with van der Waals surface area (Å²) in [5, 5.41) is 9.04. The number of allylic oxidation sites excluding steroid dienone is 2. The third-order valence-electron chi connectivity index (χ3n) is 1.59. The summed E-state index contributed by atoms with van der Waals surface area (Å²) in [6.07, 6.45) is 0.653. The predicted octanol–water partition coefficient (Wildman–Crippen LogP) is 1.78. The Morgan fingerprint density at radius 1 is 1.08 bits per heavy atom. The maximum absolute atomic E-state index is 10.9. The van der Waals surface area contributed by atoms with Crippen LogP contribution < -0.4 is 0 Å². The highest BCUT2D eigenvalue weighted by Crippen LogP contribution is 2.10. The van der Waals surface area contributed by atoms with Crippen LogP contribution in [0.2, 0.25) is 0 Å². The normalized spacial score (nSPS) is 12.2. The van der Waals surface area contributed by atoms with Gasteiger partial charge in [0.25, 0.3) is 0 Å². The lowest BCUT2D eigenvalue weighted by molar-refractivity contribution is -0.117. The zero-order valence-corrected chi connectivity index (χ0v) is 7.68. The van der Waals surface area contributed by atoms with Crippen LogP contribution in [0, 0.1) is 0 Å². The lowest BCUT2D eigenvalue weighted by Gasteiger charge is -2.02. The summed E-state index contributed by atoms with van der Waals surface area (Å²) in [4.78, 5) is 21.4. The topological polar surface area (TPSA) is 54.4 Å². The van der Waals surface area contributed by atoms with Gasteiger partial charge in [0, 0.05) is 12.0 Å². The van der Waals surface area contributed by atoms with Crippen molar-refractivity contribution >= 4 is 11.6 Å². The van der Waals surface area contributed by atoms with Crippen LogP contribution in [0.3, 0.4) is 0 Å². The van der Waals surface area contributed by atoms with E-state index in [1.807, 2.05) is 0 Å². The number of Topliss-reactive ketones (excluding diaryl/α,β-unsaturated/α-hetero) is 2. The summed E-state index contributed by atoms with van der Waals surface area (Å²) < 4.78 is 0. The van der Waals surface area contributed by atoms with E-state index in [1.165, 1.54) is 20.8 Å². The molecular weight excluding hydrogens is 156 g/mol. The molecule has 0 saturated carbocycles. The van der Waals surface area contributed by atoms with Gasteiger partial charge >= 0.3 is 0 Å². The van der Waals surface area contributed by atoms with E-state index in [2.05, 4.69) is 0 Å². The van der Waals surface area contributed by atoms with Gasteiger partial charge in [-0.15, -0.1) is 0 Å². The van der Waals surface area contributed by atoms with E-state index in [9.17, 15) is 9.59 Å².